The smallest absolute Gasteiger partial charge is 0.126 e. The summed E-state index contributed by atoms with van der Waals surface area (Å²) in [6.45, 7) is 12.4. The summed E-state index contributed by atoms with van der Waals surface area (Å²) in [6.07, 6.45) is 0. The molecule has 16 heavy (non-hydrogen) atoms. The van der Waals surface area contributed by atoms with E-state index in [4.69, 9.17) is 0 Å². The molecule has 0 aliphatic rings. The van der Waals surface area contributed by atoms with Crippen LogP contribution in [0, 0.1) is 6.92 Å². The van der Waals surface area contributed by atoms with Gasteiger partial charge in [-0.1, -0.05) is 0 Å². The van der Waals surface area contributed by atoms with Crippen molar-refractivity contribution in [2.45, 2.75) is 46.7 Å². The third-order valence-corrected chi connectivity index (χ3v) is 2.19. The Bertz CT molecular complexity index is 340. The molecule has 0 saturated carbocycles. The van der Waals surface area contributed by atoms with Crippen LogP contribution in [0.4, 0.5) is 5.82 Å². The molecule has 90 valence electrons. The zero-order valence-electron chi connectivity index (χ0n) is 11.0. The van der Waals surface area contributed by atoms with Crippen LogP contribution in [0.5, 0.6) is 0 Å². The summed E-state index contributed by atoms with van der Waals surface area (Å²) in [7, 11) is 0. The lowest BCUT2D eigenvalue weighted by Crippen LogP contribution is -2.35. The van der Waals surface area contributed by atoms with Gasteiger partial charge in [-0.05, 0) is 52.3 Å². The Morgan fingerprint density at radius 3 is 2.50 bits per heavy atom. The Morgan fingerprint density at radius 1 is 1.25 bits per heavy atom. The Kier molecular flexibility index (Phi) is 4.30. The van der Waals surface area contributed by atoms with Crippen LogP contribution >= 0.6 is 0 Å². The van der Waals surface area contributed by atoms with Crippen LogP contribution in [-0.4, -0.2) is 17.1 Å². The first-order valence-corrected chi connectivity index (χ1v) is 5.87. The number of aryl methyl sites for hydroxylation is 1. The molecular formula is C13H23N3. The Morgan fingerprint density at radius 2 is 1.94 bits per heavy atom. The van der Waals surface area contributed by atoms with Gasteiger partial charge in [0, 0.05) is 24.3 Å². The molecule has 2 N–H and O–H groups in total. The summed E-state index contributed by atoms with van der Waals surface area (Å²) in [5.41, 5.74) is 2.48. The van der Waals surface area contributed by atoms with E-state index < -0.39 is 0 Å². The first-order valence-electron chi connectivity index (χ1n) is 5.87. The molecule has 0 amide bonds. The third kappa shape index (κ3) is 4.62. The molecule has 1 rings (SSSR count). The molecule has 1 aromatic heterocycles. The normalized spacial score (nSPS) is 11.6. The van der Waals surface area contributed by atoms with Crippen LogP contribution in [0.3, 0.4) is 0 Å². The van der Waals surface area contributed by atoms with Crippen molar-refractivity contribution < 1.29 is 0 Å². The molecule has 0 fully saturated rings. The van der Waals surface area contributed by atoms with Crippen LogP contribution < -0.4 is 10.6 Å². The zero-order chi connectivity index (χ0) is 12.2. The van der Waals surface area contributed by atoms with Crippen molar-refractivity contribution in [3.63, 3.8) is 0 Å². The molecular weight excluding hydrogens is 198 g/mol. The zero-order valence-corrected chi connectivity index (χ0v) is 11.0. The van der Waals surface area contributed by atoms with Gasteiger partial charge in [0.2, 0.25) is 0 Å². The molecule has 3 heteroatoms. The molecule has 3 nitrogen and oxygen atoms in total. The topological polar surface area (TPSA) is 37.0 Å². The van der Waals surface area contributed by atoms with Crippen LogP contribution in [0.2, 0.25) is 0 Å². The molecule has 0 aliphatic carbocycles. The SMILES string of the molecule is CCNc1cc(CNC(C)(C)C)cc(C)n1. The van der Waals surface area contributed by atoms with Gasteiger partial charge in [0.1, 0.15) is 5.82 Å². The highest BCUT2D eigenvalue weighted by Crippen LogP contribution is 2.11. The lowest BCUT2D eigenvalue weighted by atomic mass is 10.1. The predicted molar refractivity (Wildman–Crippen MR) is 69.7 cm³/mol. The molecule has 0 spiro atoms. The molecule has 0 bridgehead atoms. The van der Waals surface area contributed by atoms with E-state index in [1.54, 1.807) is 0 Å². The highest BCUT2D eigenvalue weighted by molar-refractivity contribution is 5.39. The summed E-state index contributed by atoms with van der Waals surface area (Å²) < 4.78 is 0. The maximum atomic E-state index is 4.43. The molecule has 0 saturated heterocycles. The standard InChI is InChI=1S/C13H23N3/c1-6-14-12-8-11(7-10(2)16-12)9-15-13(3,4)5/h7-8,15H,6,9H2,1-5H3,(H,14,16). The van der Waals surface area contributed by atoms with E-state index in [0.29, 0.717) is 0 Å². The largest absolute Gasteiger partial charge is 0.370 e. The first kappa shape index (κ1) is 13.0. The number of nitrogens with zero attached hydrogens (tertiary/aromatic N) is 1. The number of aromatic nitrogens is 1. The van der Waals surface area contributed by atoms with Crippen LogP contribution in [0.25, 0.3) is 0 Å². The van der Waals surface area contributed by atoms with E-state index in [2.05, 4.69) is 55.4 Å². The van der Waals surface area contributed by atoms with Gasteiger partial charge in [-0.3, -0.25) is 0 Å². The van der Waals surface area contributed by atoms with Crippen molar-refractivity contribution in [1.29, 1.82) is 0 Å². The molecule has 1 aromatic rings. The minimum absolute atomic E-state index is 0.148. The van der Waals surface area contributed by atoms with E-state index in [-0.39, 0.29) is 5.54 Å². The first-order chi connectivity index (χ1) is 7.40. The van der Waals surface area contributed by atoms with Gasteiger partial charge < -0.3 is 10.6 Å². The van der Waals surface area contributed by atoms with Crippen molar-refractivity contribution in [2.24, 2.45) is 0 Å². The third-order valence-electron chi connectivity index (χ3n) is 2.19. The van der Waals surface area contributed by atoms with Gasteiger partial charge in [0.25, 0.3) is 0 Å². The highest BCUT2D eigenvalue weighted by Gasteiger charge is 2.09. The summed E-state index contributed by atoms with van der Waals surface area (Å²) in [4.78, 5) is 4.43. The minimum atomic E-state index is 0.148. The lowest BCUT2D eigenvalue weighted by Gasteiger charge is -2.21. The number of nitrogens with one attached hydrogen (secondary N) is 2. The Labute approximate surface area is 98.7 Å². The average molecular weight is 221 g/mol. The van der Waals surface area contributed by atoms with Crippen LogP contribution in [-0.2, 0) is 6.54 Å². The van der Waals surface area contributed by atoms with Crippen molar-refractivity contribution in [2.75, 3.05) is 11.9 Å². The Balaban J connectivity index is 2.72. The van der Waals surface area contributed by atoms with Crippen molar-refractivity contribution in [1.82, 2.24) is 10.3 Å². The van der Waals surface area contributed by atoms with Gasteiger partial charge in [-0.15, -0.1) is 0 Å². The van der Waals surface area contributed by atoms with E-state index in [9.17, 15) is 0 Å². The van der Waals surface area contributed by atoms with Crippen molar-refractivity contribution >= 4 is 5.82 Å². The number of anilines is 1. The number of pyridine rings is 1. The van der Waals surface area contributed by atoms with Gasteiger partial charge in [0.15, 0.2) is 0 Å². The maximum Gasteiger partial charge on any atom is 0.126 e. The molecule has 0 unspecified atom stereocenters. The van der Waals surface area contributed by atoms with Crippen LogP contribution in [0.1, 0.15) is 39.0 Å². The second-order valence-corrected chi connectivity index (χ2v) is 5.14. The lowest BCUT2D eigenvalue weighted by molar-refractivity contribution is 0.424. The molecule has 1 heterocycles. The number of hydrogen-bond acceptors (Lipinski definition) is 3. The molecule has 0 radical (unpaired) electrons. The van der Waals surface area contributed by atoms with E-state index in [1.165, 1.54) is 5.56 Å². The second-order valence-electron chi connectivity index (χ2n) is 5.14. The summed E-state index contributed by atoms with van der Waals surface area (Å²) in [6, 6.07) is 4.23. The van der Waals surface area contributed by atoms with Gasteiger partial charge >= 0.3 is 0 Å². The summed E-state index contributed by atoms with van der Waals surface area (Å²) in [5, 5.41) is 6.73. The highest BCUT2D eigenvalue weighted by atomic mass is 15.0. The fourth-order valence-electron chi connectivity index (χ4n) is 1.48. The molecule has 0 atom stereocenters. The molecule has 0 aromatic carbocycles. The van der Waals surface area contributed by atoms with Gasteiger partial charge in [-0.25, -0.2) is 4.98 Å². The average Bonchev–Trinajstić information content (AvgIpc) is 2.13. The Hall–Kier alpha value is -1.09. The maximum absolute atomic E-state index is 4.43. The van der Waals surface area contributed by atoms with Crippen molar-refractivity contribution in [3.05, 3.63) is 23.4 Å². The van der Waals surface area contributed by atoms with Crippen LogP contribution in [0.15, 0.2) is 12.1 Å². The minimum Gasteiger partial charge on any atom is -0.370 e. The molecule has 0 aliphatic heterocycles. The fourth-order valence-corrected chi connectivity index (χ4v) is 1.48. The fraction of sp³-hybridized carbons (Fsp3) is 0.615. The number of hydrogen-bond donors (Lipinski definition) is 2. The number of rotatable bonds is 4. The van der Waals surface area contributed by atoms with Gasteiger partial charge in [-0.2, -0.15) is 0 Å². The van der Waals surface area contributed by atoms with Gasteiger partial charge in [0.05, 0.1) is 0 Å². The summed E-state index contributed by atoms with van der Waals surface area (Å²) in [5.74, 6) is 0.966. The van der Waals surface area contributed by atoms with Crippen molar-refractivity contribution in [3.8, 4) is 0 Å². The summed E-state index contributed by atoms with van der Waals surface area (Å²) >= 11 is 0. The quantitative estimate of drug-likeness (QED) is 0.821. The van der Waals surface area contributed by atoms with E-state index in [1.807, 2.05) is 6.92 Å². The second kappa shape index (κ2) is 5.30. The monoisotopic (exact) mass is 221 g/mol. The van der Waals surface area contributed by atoms with E-state index in [0.717, 1.165) is 24.6 Å². The van der Waals surface area contributed by atoms with E-state index >= 15 is 0 Å². The predicted octanol–water partition coefficient (Wildman–Crippen LogP) is 2.71.